The molecule has 0 aliphatic carbocycles. The van der Waals surface area contributed by atoms with Crippen LogP contribution < -0.4 is 4.74 Å². The van der Waals surface area contributed by atoms with Gasteiger partial charge in [-0.3, -0.25) is 0 Å². The van der Waals surface area contributed by atoms with E-state index in [1.54, 1.807) is 12.1 Å². The van der Waals surface area contributed by atoms with Crippen molar-refractivity contribution >= 4 is 22.8 Å². The van der Waals surface area contributed by atoms with E-state index in [-0.39, 0.29) is 0 Å². The normalized spacial score (nSPS) is 21.4. The molecule has 0 spiro atoms. The fraction of sp³-hybridized carbons (Fsp3) is 0.0714. The summed E-state index contributed by atoms with van der Waals surface area (Å²) in [7, 11) is 0. The van der Waals surface area contributed by atoms with Crippen molar-refractivity contribution in [1.29, 1.82) is 0 Å². The monoisotopic (exact) mass is 242 g/mol. The number of ether oxygens (including phenoxy) is 1. The Morgan fingerprint density at radius 3 is 2.72 bits per heavy atom. The smallest absolute Gasteiger partial charge is 0.381 e. The Kier molecular flexibility index (Phi) is 2.15. The molecule has 90 valence electrons. The van der Waals surface area contributed by atoms with Gasteiger partial charge in [-0.2, -0.15) is 0 Å². The fourth-order valence-corrected chi connectivity index (χ4v) is 2.05. The van der Waals surface area contributed by atoms with Crippen molar-refractivity contribution in [2.24, 2.45) is 0 Å². The second kappa shape index (κ2) is 3.58. The van der Waals surface area contributed by atoms with Crippen molar-refractivity contribution in [2.75, 3.05) is 0 Å². The first-order valence-corrected chi connectivity index (χ1v) is 5.46. The topological polar surface area (TPSA) is 66.8 Å². The Morgan fingerprint density at radius 1 is 1.17 bits per heavy atom. The average molecular weight is 242 g/mol. The van der Waals surface area contributed by atoms with Crippen LogP contribution in [0.1, 0.15) is 5.56 Å². The van der Waals surface area contributed by atoms with Crippen molar-refractivity contribution in [1.82, 2.24) is 0 Å². The van der Waals surface area contributed by atoms with E-state index in [4.69, 9.17) is 9.84 Å². The summed E-state index contributed by atoms with van der Waals surface area (Å²) in [6.07, 6.45) is 2.72. The maximum Gasteiger partial charge on any atom is 0.381 e. The number of hydrogen-bond donors (Lipinski definition) is 2. The molecule has 0 bridgehead atoms. The van der Waals surface area contributed by atoms with Gasteiger partial charge in [-0.25, -0.2) is 4.79 Å². The van der Waals surface area contributed by atoms with E-state index in [0.717, 1.165) is 22.4 Å². The molecule has 3 rings (SSSR count). The number of aliphatic carboxylic acids is 1. The van der Waals surface area contributed by atoms with Gasteiger partial charge in [0.05, 0.1) is 0 Å². The van der Waals surface area contributed by atoms with E-state index in [9.17, 15) is 9.90 Å². The van der Waals surface area contributed by atoms with Crippen molar-refractivity contribution < 1.29 is 19.7 Å². The molecule has 0 aromatic heterocycles. The third-order valence-electron chi connectivity index (χ3n) is 2.98. The largest absolute Gasteiger partial charge is 0.476 e. The van der Waals surface area contributed by atoms with Crippen LogP contribution >= 0.6 is 0 Å². The molecule has 2 N–H and O–H groups in total. The first kappa shape index (κ1) is 10.8. The highest BCUT2D eigenvalue weighted by molar-refractivity contribution is 5.95. The summed E-state index contributed by atoms with van der Waals surface area (Å²) in [5, 5.41) is 20.7. The summed E-state index contributed by atoms with van der Waals surface area (Å²) in [6, 6.07) is 11.2. The molecule has 0 radical (unpaired) electrons. The molecule has 2 aromatic carbocycles. The molecule has 1 aliphatic rings. The van der Waals surface area contributed by atoms with E-state index in [0.29, 0.717) is 5.75 Å². The van der Waals surface area contributed by atoms with Gasteiger partial charge in [-0.15, -0.1) is 0 Å². The molecule has 2 aromatic rings. The molecule has 1 heterocycles. The van der Waals surface area contributed by atoms with Gasteiger partial charge in [0.25, 0.3) is 0 Å². The van der Waals surface area contributed by atoms with E-state index >= 15 is 0 Å². The predicted molar refractivity (Wildman–Crippen MR) is 66.2 cm³/mol. The molecule has 4 heteroatoms. The quantitative estimate of drug-likeness (QED) is 0.802. The maximum absolute atomic E-state index is 10.9. The fourth-order valence-electron chi connectivity index (χ4n) is 2.05. The van der Waals surface area contributed by atoms with Crippen LogP contribution in [0.15, 0.2) is 42.5 Å². The zero-order valence-electron chi connectivity index (χ0n) is 9.33. The first-order valence-electron chi connectivity index (χ1n) is 5.46. The standard InChI is InChI=1S/C14H10O4/c15-13(16)14(17)8-7-11-10-4-2-1-3-9(10)5-6-12(11)18-14/h1-8,17H,(H,15,16). The SMILES string of the molecule is O=C(O)C1(O)C=Cc2c(ccc3ccccc23)O1. The van der Waals surface area contributed by atoms with Crippen LogP contribution in [-0.4, -0.2) is 22.0 Å². The molecule has 0 amide bonds. The first-order chi connectivity index (χ1) is 8.60. The van der Waals surface area contributed by atoms with Crippen LogP contribution in [0, 0.1) is 0 Å². The van der Waals surface area contributed by atoms with E-state index in [1.165, 1.54) is 0 Å². The highest BCUT2D eigenvalue weighted by atomic mass is 16.6. The van der Waals surface area contributed by atoms with Gasteiger partial charge in [0, 0.05) is 5.56 Å². The lowest BCUT2D eigenvalue weighted by atomic mass is 10.00. The van der Waals surface area contributed by atoms with Crippen molar-refractivity contribution in [3.8, 4) is 5.75 Å². The second-order valence-corrected chi connectivity index (χ2v) is 4.14. The lowest BCUT2D eigenvalue weighted by Gasteiger charge is -2.26. The number of carboxylic acids is 1. The molecular formula is C14H10O4. The van der Waals surface area contributed by atoms with Crippen LogP contribution in [0.2, 0.25) is 0 Å². The Hall–Kier alpha value is -2.33. The Labute approximate surface area is 103 Å². The minimum absolute atomic E-state index is 0.362. The number of aliphatic hydroxyl groups is 1. The molecule has 0 fully saturated rings. The average Bonchev–Trinajstić information content (AvgIpc) is 2.38. The lowest BCUT2D eigenvalue weighted by Crippen LogP contribution is -2.43. The van der Waals surface area contributed by atoms with Gasteiger partial charge < -0.3 is 14.9 Å². The summed E-state index contributed by atoms with van der Waals surface area (Å²) < 4.78 is 5.16. The minimum Gasteiger partial charge on any atom is -0.476 e. The number of hydrogen-bond acceptors (Lipinski definition) is 3. The zero-order chi connectivity index (χ0) is 12.8. The minimum atomic E-state index is -2.28. The number of benzene rings is 2. The Morgan fingerprint density at radius 2 is 1.94 bits per heavy atom. The third kappa shape index (κ3) is 1.47. The molecule has 0 saturated carbocycles. The zero-order valence-corrected chi connectivity index (χ0v) is 9.33. The number of rotatable bonds is 1. The highest BCUT2D eigenvalue weighted by Gasteiger charge is 2.38. The molecule has 1 aliphatic heterocycles. The summed E-state index contributed by atoms with van der Waals surface area (Å²) in [4.78, 5) is 10.9. The molecule has 18 heavy (non-hydrogen) atoms. The van der Waals surface area contributed by atoms with Crippen LogP contribution in [0.3, 0.4) is 0 Å². The molecule has 1 unspecified atom stereocenters. The van der Waals surface area contributed by atoms with Gasteiger partial charge in [-0.05, 0) is 29.0 Å². The van der Waals surface area contributed by atoms with E-state index < -0.39 is 11.8 Å². The summed E-state index contributed by atoms with van der Waals surface area (Å²) in [6.45, 7) is 0. The number of carboxylic acid groups (broad SMARTS) is 1. The number of fused-ring (bicyclic) bond motifs is 3. The summed E-state index contributed by atoms with van der Waals surface area (Å²) in [5.74, 6) is -3.35. The third-order valence-corrected chi connectivity index (χ3v) is 2.98. The van der Waals surface area contributed by atoms with E-state index in [1.807, 2.05) is 30.3 Å². The van der Waals surface area contributed by atoms with Crippen LogP contribution in [-0.2, 0) is 4.79 Å². The number of carbonyl (C=O) groups is 1. The van der Waals surface area contributed by atoms with Gasteiger partial charge in [-0.1, -0.05) is 30.3 Å². The van der Waals surface area contributed by atoms with Crippen LogP contribution in [0.4, 0.5) is 0 Å². The van der Waals surface area contributed by atoms with E-state index in [2.05, 4.69) is 0 Å². The summed E-state index contributed by atoms with van der Waals surface area (Å²) in [5.41, 5.74) is 0.777. The van der Waals surface area contributed by atoms with Gasteiger partial charge in [0.2, 0.25) is 0 Å². The maximum atomic E-state index is 10.9. The Balaban J connectivity index is 2.21. The predicted octanol–water partition coefficient (Wildman–Crippen LogP) is 2.02. The van der Waals surface area contributed by atoms with Gasteiger partial charge in [0.15, 0.2) is 0 Å². The van der Waals surface area contributed by atoms with Crippen molar-refractivity contribution in [2.45, 2.75) is 5.79 Å². The lowest BCUT2D eigenvalue weighted by molar-refractivity contribution is -0.180. The van der Waals surface area contributed by atoms with Gasteiger partial charge in [0.1, 0.15) is 5.75 Å². The van der Waals surface area contributed by atoms with Crippen molar-refractivity contribution in [3.05, 3.63) is 48.0 Å². The second-order valence-electron chi connectivity index (χ2n) is 4.14. The highest BCUT2D eigenvalue weighted by Crippen LogP contribution is 2.35. The molecule has 0 saturated heterocycles. The molecule has 4 nitrogen and oxygen atoms in total. The molecule has 1 atom stereocenters. The van der Waals surface area contributed by atoms with Gasteiger partial charge >= 0.3 is 11.8 Å². The molecular weight excluding hydrogens is 232 g/mol. The van der Waals surface area contributed by atoms with Crippen molar-refractivity contribution in [3.63, 3.8) is 0 Å². The Bertz CT molecular complexity index is 675. The van der Waals surface area contributed by atoms with Crippen LogP contribution in [0.5, 0.6) is 5.75 Å². The summed E-state index contributed by atoms with van der Waals surface area (Å²) >= 11 is 0. The van der Waals surface area contributed by atoms with Crippen LogP contribution in [0.25, 0.3) is 16.8 Å².